The Morgan fingerprint density at radius 2 is 1.91 bits per heavy atom. The molecule has 1 aliphatic carbocycles. The van der Waals surface area contributed by atoms with E-state index < -0.39 is 0 Å². The van der Waals surface area contributed by atoms with E-state index in [0.29, 0.717) is 6.42 Å². The maximum atomic E-state index is 11.8. The van der Waals surface area contributed by atoms with Crippen molar-refractivity contribution in [3.63, 3.8) is 0 Å². The van der Waals surface area contributed by atoms with Crippen molar-refractivity contribution in [2.24, 2.45) is 5.41 Å². The molecule has 0 fully saturated rings. The van der Waals surface area contributed by atoms with E-state index in [1.54, 1.807) is 6.08 Å². The van der Waals surface area contributed by atoms with Gasteiger partial charge in [0.05, 0.1) is 5.69 Å². The van der Waals surface area contributed by atoms with Crippen molar-refractivity contribution in [1.29, 1.82) is 0 Å². The molecule has 1 heterocycles. The van der Waals surface area contributed by atoms with Crippen molar-refractivity contribution in [1.82, 2.24) is 10.2 Å². The largest absolute Gasteiger partial charge is 0.342 e. The average Bonchev–Trinajstić information content (AvgIpc) is 2.85. The molecule has 4 nitrogen and oxygen atoms in total. The average molecular weight is 295 g/mol. The Morgan fingerprint density at radius 3 is 2.59 bits per heavy atom. The summed E-state index contributed by atoms with van der Waals surface area (Å²) in [6.45, 7) is 6.29. The Labute approximate surface area is 130 Å². The number of hydrogen-bond acceptors (Lipinski definition) is 3. The van der Waals surface area contributed by atoms with Gasteiger partial charge in [-0.1, -0.05) is 43.7 Å². The molecule has 0 saturated carbocycles. The smallest absolute Gasteiger partial charge is 0.157 e. The Hall–Kier alpha value is -2.36. The van der Waals surface area contributed by atoms with Gasteiger partial charge in [0.2, 0.25) is 0 Å². The Balaban J connectivity index is 1.77. The third-order valence-corrected chi connectivity index (χ3v) is 3.89. The normalized spacial score (nSPS) is 17.2. The van der Waals surface area contributed by atoms with Gasteiger partial charge < -0.3 is 5.32 Å². The number of benzene rings is 1. The van der Waals surface area contributed by atoms with Gasteiger partial charge in [0.25, 0.3) is 0 Å². The van der Waals surface area contributed by atoms with Crippen LogP contribution in [0.3, 0.4) is 0 Å². The van der Waals surface area contributed by atoms with Gasteiger partial charge in [0.15, 0.2) is 11.6 Å². The van der Waals surface area contributed by atoms with E-state index in [-0.39, 0.29) is 11.2 Å². The molecule has 2 N–H and O–H groups in total. The SMILES string of the molecule is Cc1ccc(-c2cc(NC3=CC(=O)CC(C)(C)C3)n[nH]2)cc1. The first-order valence-corrected chi connectivity index (χ1v) is 7.54. The number of hydrogen-bond donors (Lipinski definition) is 2. The summed E-state index contributed by atoms with van der Waals surface area (Å²) in [6.07, 6.45) is 3.16. The minimum Gasteiger partial charge on any atom is -0.342 e. The van der Waals surface area contributed by atoms with Gasteiger partial charge in [-0.15, -0.1) is 0 Å². The first kappa shape index (κ1) is 14.6. The summed E-state index contributed by atoms with van der Waals surface area (Å²) in [7, 11) is 0. The summed E-state index contributed by atoms with van der Waals surface area (Å²) < 4.78 is 0. The van der Waals surface area contributed by atoms with Crippen LogP contribution in [0.2, 0.25) is 0 Å². The van der Waals surface area contributed by atoms with Crippen LogP contribution >= 0.6 is 0 Å². The lowest BCUT2D eigenvalue weighted by atomic mass is 9.79. The molecule has 1 aromatic carbocycles. The summed E-state index contributed by atoms with van der Waals surface area (Å²) in [6, 6.07) is 10.3. The van der Waals surface area contributed by atoms with Crippen LogP contribution in [0.1, 0.15) is 32.3 Å². The highest BCUT2D eigenvalue weighted by molar-refractivity contribution is 5.92. The third kappa shape index (κ3) is 3.27. The number of allylic oxidation sites excluding steroid dienone is 2. The van der Waals surface area contributed by atoms with Gasteiger partial charge in [-0.2, -0.15) is 5.10 Å². The summed E-state index contributed by atoms with van der Waals surface area (Å²) >= 11 is 0. The number of carbonyl (C=O) groups excluding carboxylic acids is 1. The molecule has 114 valence electrons. The lowest BCUT2D eigenvalue weighted by molar-refractivity contribution is -0.117. The summed E-state index contributed by atoms with van der Waals surface area (Å²) in [4.78, 5) is 11.8. The van der Waals surface area contributed by atoms with E-state index >= 15 is 0 Å². The van der Waals surface area contributed by atoms with Crippen LogP contribution in [-0.4, -0.2) is 16.0 Å². The van der Waals surface area contributed by atoms with Crippen molar-refractivity contribution in [2.45, 2.75) is 33.6 Å². The standard InChI is InChI=1S/C18H21N3O/c1-12-4-6-13(7-5-12)16-9-17(21-20-16)19-14-8-15(22)11-18(2,3)10-14/h4-9H,10-11H2,1-3H3,(H2,19,20,21). The first-order chi connectivity index (χ1) is 10.4. The minimum absolute atomic E-state index is 0.00423. The molecule has 0 spiro atoms. The number of carbonyl (C=O) groups is 1. The van der Waals surface area contributed by atoms with Gasteiger partial charge in [0.1, 0.15) is 0 Å². The number of aromatic nitrogens is 2. The zero-order chi connectivity index (χ0) is 15.7. The van der Waals surface area contributed by atoms with E-state index in [2.05, 4.69) is 60.6 Å². The molecule has 4 heteroatoms. The third-order valence-electron chi connectivity index (χ3n) is 3.89. The van der Waals surface area contributed by atoms with Gasteiger partial charge in [-0.25, -0.2) is 0 Å². The Bertz CT molecular complexity index is 723. The summed E-state index contributed by atoms with van der Waals surface area (Å²) in [5.74, 6) is 0.917. The minimum atomic E-state index is 0.00423. The van der Waals surface area contributed by atoms with Crippen LogP contribution in [0.25, 0.3) is 11.3 Å². The Kier molecular flexibility index (Phi) is 3.61. The van der Waals surface area contributed by atoms with Crippen LogP contribution in [0.15, 0.2) is 42.1 Å². The second kappa shape index (κ2) is 5.44. The number of nitrogens with zero attached hydrogens (tertiary/aromatic N) is 1. The predicted octanol–water partition coefficient (Wildman–Crippen LogP) is 4.07. The van der Waals surface area contributed by atoms with E-state index in [9.17, 15) is 4.79 Å². The zero-order valence-corrected chi connectivity index (χ0v) is 13.2. The molecule has 0 amide bonds. The zero-order valence-electron chi connectivity index (χ0n) is 13.2. The number of rotatable bonds is 3. The van der Waals surface area contributed by atoms with E-state index in [0.717, 1.165) is 29.2 Å². The maximum Gasteiger partial charge on any atom is 0.157 e. The van der Waals surface area contributed by atoms with Crippen LogP contribution in [0.4, 0.5) is 5.82 Å². The van der Waals surface area contributed by atoms with Gasteiger partial charge in [-0.3, -0.25) is 9.89 Å². The van der Waals surface area contributed by atoms with Crippen LogP contribution in [0.5, 0.6) is 0 Å². The quantitative estimate of drug-likeness (QED) is 0.897. The highest BCUT2D eigenvalue weighted by atomic mass is 16.1. The number of aryl methyl sites for hydroxylation is 1. The molecular formula is C18H21N3O. The van der Waals surface area contributed by atoms with Crippen molar-refractivity contribution in [2.75, 3.05) is 5.32 Å². The fourth-order valence-corrected chi connectivity index (χ4v) is 2.86. The molecular weight excluding hydrogens is 274 g/mol. The van der Waals surface area contributed by atoms with Crippen molar-refractivity contribution < 1.29 is 4.79 Å². The fourth-order valence-electron chi connectivity index (χ4n) is 2.86. The van der Waals surface area contributed by atoms with E-state index in [1.165, 1.54) is 5.56 Å². The van der Waals surface area contributed by atoms with Gasteiger partial charge in [0, 0.05) is 24.3 Å². The van der Waals surface area contributed by atoms with Crippen LogP contribution < -0.4 is 5.32 Å². The van der Waals surface area contributed by atoms with Crippen molar-refractivity contribution >= 4 is 11.6 Å². The van der Waals surface area contributed by atoms with Crippen molar-refractivity contribution in [3.05, 3.63) is 47.7 Å². The monoisotopic (exact) mass is 295 g/mol. The van der Waals surface area contributed by atoms with E-state index in [1.807, 2.05) is 6.07 Å². The van der Waals surface area contributed by atoms with E-state index in [4.69, 9.17) is 0 Å². The molecule has 0 atom stereocenters. The summed E-state index contributed by atoms with van der Waals surface area (Å²) in [5, 5.41) is 10.6. The molecule has 0 saturated heterocycles. The van der Waals surface area contributed by atoms with Gasteiger partial charge >= 0.3 is 0 Å². The maximum absolute atomic E-state index is 11.8. The fraction of sp³-hybridized carbons (Fsp3) is 0.333. The molecule has 0 radical (unpaired) electrons. The molecule has 0 aliphatic heterocycles. The number of anilines is 1. The highest BCUT2D eigenvalue weighted by Gasteiger charge is 2.27. The molecule has 2 aromatic rings. The molecule has 0 unspecified atom stereocenters. The lowest BCUT2D eigenvalue weighted by Gasteiger charge is -2.28. The molecule has 1 aliphatic rings. The number of ketones is 1. The molecule has 0 bridgehead atoms. The predicted molar refractivity (Wildman–Crippen MR) is 88.5 cm³/mol. The highest BCUT2D eigenvalue weighted by Crippen LogP contribution is 2.34. The molecule has 22 heavy (non-hydrogen) atoms. The first-order valence-electron chi connectivity index (χ1n) is 7.54. The second-order valence-corrected chi connectivity index (χ2v) is 6.81. The number of H-pyrrole nitrogens is 1. The van der Waals surface area contributed by atoms with Crippen molar-refractivity contribution in [3.8, 4) is 11.3 Å². The second-order valence-electron chi connectivity index (χ2n) is 6.81. The molecule has 1 aromatic heterocycles. The van der Waals surface area contributed by atoms with Gasteiger partial charge in [-0.05, 0) is 24.3 Å². The summed E-state index contributed by atoms with van der Waals surface area (Å²) in [5.41, 5.74) is 4.23. The Morgan fingerprint density at radius 1 is 1.18 bits per heavy atom. The van der Waals surface area contributed by atoms with Crippen LogP contribution in [0, 0.1) is 12.3 Å². The topological polar surface area (TPSA) is 57.8 Å². The lowest BCUT2D eigenvalue weighted by Crippen LogP contribution is -2.24. The van der Waals surface area contributed by atoms with Crippen LogP contribution in [-0.2, 0) is 4.79 Å². The number of aromatic amines is 1. The number of nitrogens with one attached hydrogen (secondary N) is 2. The molecule has 3 rings (SSSR count).